The maximum atomic E-state index is 5.43. The Labute approximate surface area is 78.1 Å². The smallest absolute Gasteiger partial charge is 0.317 e. The Bertz CT molecular complexity index is 236. The summed E-state index contributed by atoms with van der Waals surface area (Å²) in [6.45, 7) is 4.87. The van der Waals surface area contributed by atoms with Crippen molar-refractivity contribution in [3.63, 3.8) is 0 Å². The fourth-order valence-corrected chi connectivity index (χ4v) is 0.814. The zero-order chi connectivity index (χ0) is 9.84. The van der Waals surface area contributed by atoms with Gasteiger partial charge < -0.3 is 14.6 Å². The van der Waals surface area contributed by atoms with Gasteiger partial charge in [0, 0.05) is 13.6 Å². The summed E-state index contributed by atoms with van der Waals surface area (Å²) in [5.41, 5.74) is 0. The zero-order valence-electron chi connectivity index (χ0n) is 8.53. The van der Waals surface area contributed by atoms with Gasteiger partial charge in [0.1, 0.15) is 0 Å². The number of anilines is 1. The van der Waals surface area contributed by atoms with E-state index in [0.717, 1.165) is 6.54 Å². The SMILES string of the molecule is CCN(C)c1nnc(C(C)NC)o1. The van der Waals surface area contributed by atoms with E-state index < -0.39 is 0 Å². The predicted molar refractivity (Wildman–Crippen MR) is 50.7 cm³/mol. The van der Waals surface area contributed by atoms with Crippen LogP contribution in [0.15, 0.2) is 4.42 Å². The van der Waals surface area contributed by atoms with Gasteiger partial charge in [-0.25, -0.2) is 0 Å². The predicted octanol–water partition coefficient (Wildman–Crippen LogP) is 0.806. The molecular formula is C8H16N4O. The first-order valence-corrected chi connectivity index (χ1v) is 4.40. The van der Waals surface area contributed by atoms with Crippen LogP contribution in [0.3, 0.4) is 0 Å². The summed E-state index contributed by atoms with van der Waals surface area (Å²) in [4.78, 5) is 1.90. The lowest BCUT2D eigenvalue weighted by atomic mass is 10.3. The van der Waals surface area contributed by atoms with Crippen LogP contribution in [0, 0.1) is 0 Å². The van der Waals surface area contributed by atoms with Crippen molar-refractivity contribution in [2.75, 3.05) is 25.5 Å². The van der Waals surface area contributed by atoms with Gasteiger partial charge in [-0.15, -0.1) is 5.10 Å². The van der Waals surface area contributed by atoms with E-state index in [1.807, 2.05) is 32.8 Å². The Kier molecular flexibility index (Phi) is 3.25. The van der Waals surface area contributed by atoms with Crippen LogP contribution in [0.5, 0.6) is 0 Å². The highest BCUT2D eigenvalue weighted by Crippen LogP contribution is 2.15. The van der Waals surface area contributed by atoms with Gasteiger partial charge in [0.05, 0.1) is 6.04 Å². The molecule has 0 aliphatic rings. The number of nitrogens with one attached hydrogen (secondary N) is 1. The summed E-state index contributed by atoms with van der Waals surface area (Å²) < 4.78 is 5.43. The second kappa shape index (κ2) is 4.23. The van der Waals surface area contributed by atoms with Crippen LogP contribution in [0.2, 0.25) is 0 Å². The summed E-state index contributed by atoms with van der Waals surface area (Å²) in [5, 5.41) is 10.9. The van der Waals surface area contributed by atoms with Gasteiger partial charge in [0.25, 0.3) is 0 Å². The highest BCUT2D eigenvalue weighted by Gasteiger charge is 2.13. The standard InChI is InChI=1S/C8H16N4O/c1-5-12(4)8-11-10-7(13-8)6(2)9-3/h6,9H,5H2,1-4H3. The highest BCUT2D eigenvalue weighted by atomic mass is 16.4. The summed E-state index contributed by atoms with van der Waals surface area (Å²) in [6.07, 6.45) is 0. The van der Waals surface area contributed by atoms with Crippen LogP contribution in [-0.2, 0) is 0 Å². The second-order valence-electron chi connectivity index (χ2n) is 2.95. The normalized spacial score (nSPS) is 12.9. The van der Waals surface area contributed by atoms with Crippen molar-refractivity contribution in [2.24, 2.45) is 0 Å². The summed E-state index contributed by atoms with van der Waals surface area (Å²) >= 11 is 0. The first-order chi connectivity index (χ1) is 6.19. The average molecular weight is 184 g/mol. The maximum absolute atomic E-state index is 5.43. The summed E-state index contributed by atoms with van der Waals surface area (Å²) in [5.74, 6) is 0.623. The largest absolute Gasteiger partial charge is 0.406 e. The molecule has 0 saturated carbocycles. The Morgan fingerprint density at radius 1 is 1.54 bits per heavy atom. The van der Waals surface area contributed by atoms with E-state index in [2.05, 4.69) is 15.5 Å². The molecule has 74 valence electrons. The lowest BCUT2D eigenvalue weighted by Crippen LogP contribution is -2.16. The number of nitrogens with zero attached hydrogens (tertiary/aromatic N) is 3. The third-order valence-corrected chi connectivity index (χ3v) is 2.03. The highest BCUT2D eigenvalue weighted by molar-refractivity contribution is 5.21. The van der Waals surface area contributed by atoms with Gasteiger partial charge in [-0.1, -0.05) is 5.10 Å². The van der Waals surface area contributed by atoms with Crippen LogP contribution in [0.4, 0.5) is 6.01 Å². The molecule has 0 bridgehead atoms. The van der Waals surface area contributed by atoms with Crippen molar-refractivity contribution in [3.05, 3.63) is 5.89 Å². The molecule has 0 fully saturated rings. The second-order valence-corrected chi connectivity index (χ2v) is 2.95. The minimum Gasteiger partial charge on any atom is -0.406 e. The molecule has 0 radical (unpaired) electrons. The Balaban J connectivity index is 2.74. The quantitative estimate of drug-likeness (QED) is 0.750. The van der Waals surface area contributed by atoms with Crippen molar-refractivity contribution in [1.29, 1.82) is 0 Å². The van der Waals surface area contributed by atoms with Crippen LogP contribution in [0.1, 0.15) is 25.8 Å². The summed E-state index contributed by atoms with van der Waals surface area (Å²) in [6, 6.07) is 0.672. The first-order valence-electron chi connectivity index (χ1n) is 4.40. The monoisotopic (exact) mass is 184 g/mol. The fraction of sp³-hybridized carbons (Fsp3) is 0.750. The van der Waals surface area contributed by atoms with Crippen LogP contribution in [0.25, 0.3) is 0 Å². The minimum atomic E-state index is 0.103. The molecule has 1 unspecified atom stereocenters. The van der Waals surface area contributed by atoms with Crippen LogP contribution in [-0.4, -0.2) is 30.8 Å². The molecule has 1 heterocycles. The van der Waals surface area contributed by atoms with Gasteiger partial charge in [0.2, 0.25) is 5.89 Å². The molecule has 13 heavy (non-hydrogen) atoms. The van der Waals surface area contributed by atoms with Gasteiger partial charge in [-0.05, 0) is 20.9 Å². The summed E-state index contributed by atoms with van der Waals surface area (Å²) in [7, 11) is 3.78. The van der Waals surface area contributed by atoms with E-state index in [4.69, 9.17) is 4.42 Å². The maximum Gasteiger partial charge on any atom is 0.317 e. The molecule has 0 saturated heterocycles. The Hall–Kier alpha value is -1.10. The van der Waals surface area contributed by atoms with Gasteiger partial charge >= 0.3 is 6.01 Å². The van der Waals surface area contributed by atoms with E-state index in [0.29, 0.717) is 11.9 Å². The minimum absolute atomic E-state index is 0.103. The molecule has 1 aromatic rings. The van der Waals surface area contributed by atoms with Crippen molar-refractivity contribution < 1.29 is 4.42 Å². The molecule has 0 aromatic carbocycles. The van der Waals surface area contributed by atoms with Crippen LogP contribution >= 0.6 is 0 Å². The molecule has 5 heteroatoms. The molecule has 1 atom stereocenters. The molecule has 0 amide bonds. The lowest BCUT2D eigenvalue weighted by molar-refractivity contribution is 0.433. The molecular weight excluding hydrogens is 168 g/mol. The zero-order valence-corrected chi connectivity index (χ0v) is 8.53. The molecule has 1 aromatic heterocycles. The first kappa shape index (κ1) is 9.98. The molecule has 0 aliphatic carbocycles. The number of hydrogen-bond acceptors (Lipinski definition) is 5. The van der Waals surface area contributed by atoms with E-state index >= 15 is 0 Å². The average Bonchev–Trinajstić information content (AvgIpc) is 2.64. The lowest BCUT2D eigenvalue weighted by Gasteiger charge is -2.09. The molecule has 0 aliphatic heterocycles. The van der Waals surface area contributed by atoms with Gasteiger partial charge in [0.15, 0.2) is 0 Å². The van der Waals surface area contributed by atoms with E-state index in [9.17, 15) is 0 Å². The molecule has 1 N–H and O–H groups in total. The third kappa shape index (κ3) is 2.18. The van der Waals surface area contributed by atoms with E-state index in [-0.39, 0.29) is 6.04 Å². The number of hydrogen-bond donors (Lipinski definition) is 1. The van der Waals surface area contributed by atoms with Gasteiger partial charge in [-0.2, -0.15) is 0 Å². The fourth-order valence-electron chi connectivity index (χ4n) is 0.814. The van der Waals surface area contributed by atoms with Gasteiger partial charge in [-0.3, -0.25) is 0 Å². The van der Waals surface area contributed by atoms with Crippen molar-refractivity contribution in [1.82, 2.24) is 15.5 Å². The van der Waals surface area contributed by atoms with Crippen molar-refractivity contribution in [2.45, 2.75) is 19.9 Å². The Morgan fingerprint density at radius 2 is 2.23 bits per heavy atom. The topological polar surface area (TPSA) is 54.2 Å². The molecule has 0 spiro atoms. The number of aromatic nitrogens is 2. The molecule has 1 rings (SSSR count). The van der Waals surface area contributed by atoms with E-state index in [1.54, 1.807) is 0 Å². The number of rotatable bonds is 4. The third-order valence-electron chi connectivity index (χ3n) is 2.03. The molecule has 5 nitrogen and oxygen atoms in total. The Morgan fingerprint density at radius 3 is 2.77 bits per heavy atom. The van der Waals surface area contributed by atoms with E-state index in [1.165, 1.54) is 0 Å². The van der Waals surface area contributed by atoms with Crippen molar-refractivity contribution in [3.8, 4) is 0 Å². The van der Waals surface area contributed by atoms with Crippen molar-refractivity contribution >= 4 is 6.01 Å². The van der Waals surface area contributed by atoms with Crippen LogP contribution < -0.4 is 10.2 Å².